The maximum Gasteiger partial charge on any atom is 0.221 e. The molecule has 0 spiro atoms. The summed E-state index contributed by atoms with van der Waals surface area (Å²) in [5, 5.41) is 2.97. The molecule has 2 aromatic rings. The molecular weight excluding hydrogens is 285 g/mol. The number of imidazole rings is 1. The summed E-state index contributed by atoms with van der Waals surface area (Å²) >= 11 is 12.4. The van der Waals surface area contributed by atoms with Crippen LogP contribution in [-0.4, -0.2) is 22.5 Å². The van der Waals surface area contributed by atoms with Crippen LogP contribution >= 0.6 is 23.2 Å². The molecule has 1 unspecified atom stereocenters. The van der Waals surface area contributed by atoms with Gasteiger partial charge in [0.1, 0.15) is 5.82 Å². The molecule has 1 amide bonds. The van der Waals surface area contributed by atoms with E-state index in [9.17, 15) is 4.79 Å². The van der Waals surface area contributed by atoms with Crippen molar-refractivity contribution in [2.75, 3.05) is 7.05 Å². The molecule has 1 heterocycles. The van der Waals surface area contributed by atoms with Crippen LogP contribution in [-0.2, 0) is 11.3 Å². The van der Waals surface area contributed by atoms with Crippen LogP contribution < -0.4 is 5.32 Å². The Hall–Kier alpha value is -1.26. The third kappa shape index (κ3) is 2.85. The third-order valence-corrected chi connectivity index (χ3v) is 3.44. The molecule has 0 saturated carbocycles. The molecule has 1 aromatic carbocycles. The van der Waals surface area contributed by atoms with E-state index in [1.165, 1.54) is 0 Å². The van der Waals surface area contributed by atoms with E-state index in [0.717, 1.165) is 16.9 Å². The molecule has 6 heteroatoms. The summed E-state index contributed by atoms with van der Waals surface area (Å²) in [4.78, 5) is 15.9. The van der Waals surface area contributed by atoms with Crippen molar-refractivity contribution < 1.29 is 4.79 Å². The molecule has 0 aliphatic rings. The number of alkyl halides is 1. The van der Waals surface area contributed by atoms with Crippen LogP contribution in [0.15, 0.2) is 18.2 Å². The summed E-state index contributed by atoms with van der Waals surface area (Å²) in [6.45, 7) is 2.36. The van der Waals surface area contributed by atoms with Crippen LogP contribution in [0.25, 0.3) is 11.0 Å². The summed E-state index contributed by atoms with van der Waals surface area (Å²) in [7, 11) is 1.62. The lowest BCUT2D eigenvalue weighted by Gasteiger charge is -2.10. The fourth-order valence-electron chi connectivity index (χ4n) is 2.03. The van der Waals surface area contributed by atoms with Gasteiger partial charge in [0.25, 0.3) is 0 Å². The normalized spacial score (nSPS) is 12.6. The van der Waals surface area contributed by atoms with E-state index in [1.54, 1.807) is 7.05 Å². The second-order valence-corrected chi connectivity index (χ2v) is 5.33. The number of nitrogens with one attached hydrogen (secondary N) is 1. The number of para-hydroxylation sites is 1. The lowest BCUT2D eigenvalue weighted by atomic mass is 10.3. The minimum absolute atomic E-state index is 0.0259. The van der Waals surface area contributed by atoms with Crippen molar-refractivity contribution in [3.05, 3.63) is 29.0 Å². The number of carbonyl (C=O) groups excluding carboxylic acids is 1. The molecule has 4 nitrogen and oxygen atoms in total. The van der Waals surface area contributed by atoms with E-state index in [0.29, 0.717) is 18.0 Å². The number of halogens is 2. The zero-order valence-electron chi connectivity index (χ0n) is 10.8. The molecule has 1 atom stereocenters. The summed E-state index contributed by atoms with van der Waals surface area (Å²) in [5.41, 5.74) is 1.63. The van der Waals surface area contributed by atoms with Crippen LogP contribution in [0.5, 0.6) is 0 Å². The highest BCUT2D eigenvalue weighted by Crippen LogP contribution is 2.29. The van der Waals surface area contributed by atoms with Crippen molar-refractivity contribution in [1.82, 2.24) is 14.9 Å². The number of carbonyl (C=O) groups is 1. The molecule has 0 aliphatic carbocycles. The van der Waals surface area contributed by atoms with Gasteiger partial charge in [0.05, 0.1) is 21.4 Å². The molecule has 102 valence electrons. The number of hydrogen-bond donors (Lipinski definition) is 1. The average Bonchev–Trinajstić information content (AvgIpc) is 2.76. The van der Waals surface area contributed by atoms with Gasteiger partial charge in [-0.05, 0) is 19.1 Å². The van der Waals surface area contributed by atoms with Crippen molar-refractivity contribution >= 4 is 40.1 Å². The first-order chi connectivity index (χ1) is 9.04. The number of aryl methyl sites for hydroxylation is 1. The molecule has 1 N–H and O–H groups in total. The molecule has 0 fully saturated rings. The fraction of sp³-hybridized carbons (Fsp3) is 0.385. The van der Waals surface area contributed by atoms with Gasteiger partial charge in [-0.1, -0.05) is 17.7 Å². The van der Waals surface area contributed by atoms with Gasteiger partial charge in [0, 0.05) is 20.0 Å². The van der Waals surface area contributed by atoms with E-state index < -0.39 is 0 Å². The van der Waals surface area contributed by atoms with Gasteiger partial charge < -0.3 is 9.88 Å². The summed E-state index contributed by atoms with van der Waals surface area (Å²) in [6, 6.07) is 5.55. The number of rotatable bonds is 4. The Morgan fingerprint density at radius 3 is 2.89 bits per heavy atom. The van der Waals surface area contributed by atoms with Gasteiger partial charge in [0.15, 0.2) is 0 Å². The Bertz CT molecular complexity index is 607. The highest BCUT2D eigenvalue weighted by Gasteiger charge is 2.17. The van der Waals surface area contributed by atoms with Gasteiger partial charge in [-0.25, -0.2) is 4.98 Å². The molecule has 19 heavy (non-hydrogen) atoms. The quantitative estimate of drug-likeness (QED) is 0.882. The zero-order chi connectivity index (χ0) is 14.0. The number of benzene rings is 1. The Balaban J connectivity index is 2.48. The van der Waals surface area contributed by atoms with Crippen molar-refractivity contribution in [2.45, 2.75) is 25.3 Å². The monoisotopic (exact) mass is 299 g/mol. The Morgan fingerprint density at radius 2 is 2.26 bits per heavy atom. The Labute approximate surface area is 121 Å². The van der Waals surface area contributed by atoms with Crippen molar-refractivity contribution in [3.8, 4) is 0 Å². The first kappa shape index (κ1) is 14.2. The number of amides is 1. The van der Waals surface area contributed by atoms with Gasteiger partial charge in [0.2, 0.25) is 5.91 Å². The van der Waals surface area contributed by atoms with Crippen LogP contribution in [0.4, 0.5) is 0 Å². The van der Waals surface area contributed by atoms with Crippen molar-refractivity contribution in [3.63, 3.8) is 0 Å². The highest BCUT2D eigenvalue weighted by atomic mass is 35.5. The second kappa shape index (κ2) is 5.80. The predicted octanol–water partition coefficient (Wildman–Crippen LogP) is 3.13. The zero-order valence-corrected chi connectivity index (χ0v) is 12.3. The van der Waals surface area contributed by atoms with Gasteiger partial charge >= 0.3 is 0 Å². The first-order valence-electron chi connectivity index (χ1n) is 6.04. The fourth-order valence-corrected chi connectivity index (χ4v) is 2.47. The van der Waals surface area contributed by atoms with Gasteiger partial charge in [-0.15, -0.1) is 11.6 Å². The van der Waals surface area contributed by atoms with Crippen LogP contribution in [0.1, 0.15) is 24.5 Å². The lowest BCUT2D eigenvalue weighted by molar-refractivity contribution is -0.120. The number of fused-ring (bicyclic) bond motifs is 1. The molecule has 1 aromatic heterocycles. The van der Waals surface area contributed by atoms with E-state index >= 15 is 0 Å². The minimum atomic E-state index is -0.242. The molecular formula is C13H15Cl2N3O. The number of hydrogen-bond acceptors (Lipinski definition) is 2. The molecule has 0 radical (unpaired) electrons. The van der Waals surface area contributed by atoms with Gasteiger partial charge in [-0.2, -0.15) is 0 Å². The van der Waals surface area contributed by atoms with E-state index in [4.69, 9.17) is 23.2 Å². The third-order valence-electron chi connectivity index (χ3n) is 2.94. The number of aromatic nitrogens is 2. The topological polar surface area (TPSA) is 46.9 Å². The van der Waals surface area contributed by atoms with Gasteiger partial charge in [-0.3, -0.25) is 4.79 Å². The summed E-state index contributed by atoms with van der Waals surface area (Å²) < 4.78 is 1.92. The summed E-state index contributed by atoms with van der Waals surface area (Å²) in [5.74, 6) is 0.704. The molecule has 0 aliphatic heterocycles. The van der Waals surface area contributed by atoms with E-state index in [1.807, 2.05) is 29.7 Å². The van der Waals surface area contributed by atoms with Crippen LogP contribution in [0, 0.1) is 0 Å². The lowest BCUT2D eigenvalue weighted by Crippen LogP contribution is -2.20. The number of nitrogens with zero attached hydrogens (tertiary/aromatic N) is 2. The smallest absolute Gasteiger partial charge is 0.221 e. The average molecular weight is 300 g/mol. The largest absolute Gasteiger partial charge is 0.359 e. The maximum absolute atomic E-state index is 11.4. The second-order valence-electron chi connectivity index (χ2n) is 4.27. The summed E-state index contributed by atoms with van der Waals surface area (Å²) in [6.07, 6.45) is 0.365. The SMILES string of the molecule is CNC(=O)CCn1c(C(C)Cl)nc2cccc(Cl)c21. The minimum Gasteiger partial charge on any atom is -0.359 e. The molecule has 0 saturated heterocycles. The Morgan fingerprint density at radius 1 is 1.53 bits per heavy atom. The Kier molecular flexibility index (Phi) is 4.32. The first-order valence-corrected chi connectivity index (χ1v) is 6.85. The van der Waals surface area contributed by atoms with E-state index in [2.05, 4.69) is 10.3 Å². The molecule has 0 bridgehead atoms. The van der Waals surface area contributed by atoms with E-state index in [-0.39, 0.29) is 11.3 Å². The highest BCUT2D eigenvalue weighted by molar-refractivity contribution is 6.35. The van der Waals surface area contributed by atoms with Crippen LogP contribution in [0.2, 0.25) is 5.02 Å². The molecule has 2 rings (SSSR count). The van der Waals surface area contributed by atoms with Crippen LogP contribution in [0.3, 0.4) is 0 Å². The predicted molar refractivity (Wildman–Crippen MR) is 77.7 cm³/mol. The van der Waals surface area contributed by atoms with Crippen molar-refractivity contribution in [2.24, 2.45) is 0 Å². The maximum atomic E-state index is 11.4. The standard InChI is InChI=1S/C13H15Cl2N3O/c1-8(14)13-17-10-5-3-4-9(15)12(10)18(13)7-6-11(19)16-2/h3-5,8H,6-7H2,1-2H3,(H,16,19). The van der Waals surface area contributed by atoms with Crippen molar-refractivity contribution in [1.29, 1.82) is 0 Å².